The van der Waals surface area contributed by atoms with Gasteiger partial charge >= 0.3 is 11.9 Å². The van der Waals surface area contributed by atoms with E-state index in [9.17, 15) is 0 Å². The summed E-state index contributed by atoms with van der Waals surface area (Å²) in [4.78, 5) is 18.2. The summed E-state index contributed by atoms with van der Waals surface area (Å²) < 4.78 is 5.67. The minimum absolute atomic E-state index is 0.0474. The molecule has 1 atom stereocenters. The lowest BCUT2D eigenvalue weighted by Gasteiger charge is -2.10. The van der Waals surface area contributed by atoms with E-state index < -0.39 is 11.9 Å². The van der Waals surface area contributed by atoms with Gasteiger partial charge in [0.15, 0.2) is 0 Å². The Labute approximate surface area is 145 Å². The van der Waals surface area contributed by atoms with Crippen LogP contribution in [0.3, 0.4) is 0 Å². The van der Waals surface area contributed by atoms with Crippen molar-refractivity contribution in [1.82, 2.24) is 0 Å². The number of carboxylic acids is 2. The van der Waals surface area contributed by atoms with E-state index in [1.165, 1.54) is 5.56 Å². The second-order valence-corrected chi connectivity index (χ2v) is 5.05. The summed E-state index contributed by atoms with van der Waals surface area (Å²) in [6.07, 6.45) is 0.888. The highest BCUT2D eigenvalue weighted by Gasteiger charge is 2.04. The van der Waals surface area contributed by atoms with Gasteiger partial charge in [0.2, 0.25) is 0 Å². The van der Waals surface area contributed by atoms with E-state index in [0.717, 1.165) is 17.7 Å². The molecule has 0 amide bonds. The second kappa shape index (κ2) is 10.8. The summed E-state index contributed by atoms with van der Waals surface area (Å²) in [6.45, 7) is 0.601. The minimum Gasteiger partial charge on any atom is -0.493 e. The third-order valence-corrected chi connectivity index (χ3v) is 3.19. The van der Waals surface area contributed by atoms with Crippen molar-refractivity contribution in [3.8, 4) is 5.75 Å². The van der Waals surface area contributed by atoms with Crippen LogP contribution in [0.1, 0.15) is 17.2 Å². The minimum atomic E-state index is -1.82. The highest BCUT2D eigenvalue weighted by atomic mass is 16.5. The Morgan fingerprint density at radius 1 is 0.960 bits per heavy atom. The van der Waals surface area contributed by atoms with Crippen LogP contribution in [0, 0.1) is 0 Å². The van der Waals surface area contributed by atoms with Gasteiger partial charge in [0.1, 0.15) is 5.75 Å². The Hall–Kier alpha value is -2.90. The molecule has 0 aliphatic carbocycles. The first-order valence-corrected chi connectivity index (χ1v) is 7.53. The second-order valence-electron chi connectivity index (χ2n) is 5.05. The number of benzene rings is 2. The third kappa shape index (κ3) is 7.96. The van der Waals surface area contributed by atoms with Crippen LogP contribution in [-0.2, 0) is 16.0 Å². The highest BCUT2D eigenvalue weighted by molar-refractivity contribution is 6.27. The van der Waals surface area contributed by atoms with Crippen LogP contribution in [0.5, 0.6) is 5.75 Å². The van der Waals surface area contributed by atoms with Gasteiger partial charge in [0.05, 0.1) is 19.3 Å². The standard InChI is InChI=1S/C16H19NO2.C2H2O4/c17-16(12-18)14-6-8-15(9-7-14)19-11-10-13-4-2-1-3-5-13;3-1(4)2(5)6/h1-9,16,18H,10-12,17H2;(H,3,4)(H,5,6). The molecule has 2 rings (SSSR count). The van der Waals surface area contributed by atoms with E-state index in [2.05, 4.69) is 12.1 Å². The van der Waals surface area contributed by atoms with E-state index in [4.69, 9.17) is 35.4 Å². The van der Waals surface area contributed by atoms with E-state index in [1.807, 2.05) is 42.5 Å². The molecule has 0 heterocycles. The lowest BCUT2D eigenvalue weighted by Crippen LogP contribution is -2.14. The topological polar surface area (TPSA) is 130 Å². The quantitative estimate of drug-likeness (QED) is 0.582. The molecular weight excluding hydrogens is 326 g/mol. The first-order chi connectivity index (χ1) is 11.9. The summed E-state index contributed by atoms with van der Waals surface area (Å²) in [5, 5.41) is 23.8. The van der Waals surface area contributed by atoms with Gasteiger partial charge in [-0.1, -0.05) is 42.5 Å². The molecule has 0 saturated carbocycles. The van der Waals surface area contributed by atoms with Gasteiger partial charge in [-0.25, -0.2) is 9.59 Å². The predicted octanol–water partition coefficient (Wildman–Crippen LogP) is 1.46. The monoisotopic (exact) mass is 347 g/mol. The van der Waals surface area contributed by atoms with Gasteiger partial charge in [-0.05, 0) is 23.3 Å². The van der Waals surface area contributed by atoms with Crippen LogP contribution in [0.15, 0.2) is 54.6 Å². The molecule has 0 fully saturated rings. The average Bonchev–Trinajstić information content (AvgIpc) is 2.63. The van der Waals surface area contributed by atoms with Crippen LogP contribution in [0.25, 0.3) is 0 Å². The molecule has 0 saturated heterocycles. The number of ether oxygens (including phenoxy) is 1. The Morgan fingerprint density at radius 2 is 1.52 bits per heavy atom. The van der Waals surface area contributed by atoms with Gasteiger partial charge in [-0.15, -0.1) is 0 Å². The van der Waals surface area contributed by atoms with E-state index in [0.29, 0.717) is 6.61 Å². The largest absolute Gasteiger partial charge is 0.493 e. The predicted molar refractivity (Wildman–Crippen MR) is 91.4 cm³/mol. The smallest absolute Gasteiger partial charge is 0.414 e. The Bertz CT molecular complexity index is 645. The lowest BCUT2D eigenvalue weighted by atomic mass is 10.1. The lowest BCUT2D eigenvalue weighted by molar-refractivity contribution is -0.159. The Kier molecular flexibility index (Phi) is 8.70. The molecule has 1 unspecified atom stereocenters. The first-order valence-electron chi connectivity index (χ1n) is 7.53. The number of aliphatic hydroxyl groups is 1. The first kappa shape index (κ1) is 20.1. The number of aliphatic hydroxyl groups excluding tert-OH is 1. The maximum absolute atomic E-state index is 9.10. The van der Waals surface area contributed by atoms with Gasteiger partial charge in [-0.2, -0.15) is 0 Å². The zero-order valence-corrected chi connectivity index (χ0v) is 13.5. The maximum Gasteiger partial charge on any atom is 0.414 e. The summed E-state index contributed by atoms with van der Waals surface area (Å²) in [5.41, 5.74) is 7.91. The molecule has 7 heteroatoms. The molecule has 0 bridgehead atoms. The number of nitrogens with two attached hydrogens (primary N) is 1. The molecule has 0 aromatic heterocycles. The molecule has 0 spiro atoms. The van der Waals surface area contributed by atoms with E-state index >= 15 is 0 Å². The summed E-state index contributed by atoms with van der Waals surface area (Å²) in [7, 11) is 0. The molecule has 2 aromatic rings. The molecule has 2 aromatic carbocycles. The molecule has 134 valence electrons. The fourth-order valence-corrected chi connectivity index (χ4v) is 1.85. The van der Waals surface area contributed by atoms with Crippen molar-refractivity contribution in [2.24, 2.45) is 5.73 Å². The van der Waals surface area contributed by atoms with Crippen LogP contribution in [-0.4, -0.2) is 40.5 Å². The Balaban J connectivity index is 0.000000450. The van der Waals surface area contributed by atoms with Crippen LogP contribution < -0.4 is 10.5 Å². The van der Waals surface area contributed by atoms with E-state index in [-0.39, 0.29) is 12.6 Å². The van der Waals surface area contributed by atoms with Crippen molar-refractivity contribution in [3.63, 3.8) is 0 Å². The highest BCUT2D eigenvalue weighted by Crippen LogP contribution is 2.16. The van der Waals surface area contributed by atoms with Crippen LogP contribution in [0.4, 0.5) is 0 Å². The van der Waals surface area contributed by atoms with Crippen molar-refractivity contribution >= 4 is 11.9 Å². The zero-order valence-electron chi connectivity index (χ0n) is 13.5. The van der Waals surface area contributed by atoms with Crippen molar-refractivity contribution in [2.75, 3.05) is 13.2 Å². The molecule has 5 N–H and O–H groups in total. The molecular formula is C18H21NO6. The Morgan fingerprint density at radius 3 is 2.00 bits per heavy atom. The van der Waals surface area contributed by atoms with Crippen molar-refractivity contribution in [1.29, 1.82) is 0 Å². The molecule has 7 nitrogen and oxygen atoms in total. The van der Waals surface area contributed by atoms with Gasteiger partial charge in [0.25, 0.3) is 0 Å². The SMILES string of the molecule is NC(CO)c1ccc(OCCc2ccccc2)cc1.O=C(O)C(=O)O. The molecule has 0 aliphatic heterocycles. The number of aliphatic carboxylic acids is 2. The van der Waals surface area contributed by atoms with Gasteiger partial charge < -0.3 is 25.8 Å². The van der Waals surface area contributed by atoms with Gasteiger partial charge in [0, 0.05) is 6.42 Å². The van der Waals surface area contributed by atoms with Crippen molar-refractivity contribution in [2.45, 2.75) is 12.5 Å². The molecule has 0 radical (unpaired) electrons. The molecule has 25 heavy (non-hydrogen) atoms. The maximum atomic E-state index is 9.10. The molecule has 0 aliphatic rings. The number of hydrogen-bond donors (Lipinski definition) is 4. The van der Waals surface area contributed by atoms with Gasteiger partial charge in [-0.3, -0.25) is 0 Å². The zero-order chi connectivity index (χ0) is 18.7. The van der Waals surface area contributed by atoms with E-state index in [1.54, 1.807) is 0 Å². The number of rotatable bonds is 6. The number of hydrogen-bond acceptors (Lipinski definition) is 5. The fraction of sp³-hybridized carbons (Fsp3) is 0.222. The third-order valence-electron chi connectivity index (χ3n) is 3.19. The van der Waals surface area contributed by atoms with Crippen LogP contribution >= 0.6 is 0 Å². The van der Waals surface area contributed by atoms with Crippen LogP contribution in [0.2, 0.25) is 0 Å². The summed E-state index contributed by atoms with van der Waals surface area (Å²) in [6, 6.07) is 17.5. The van der Waals surface area contributed by atoms with Crippen molar-refractivity contribution in [3.05, 3.63) is 65.7 Å². The fourth-order valence-electron chi connectivity index (χ4n) is 1.85. The summed E-state index contributed by atoms with van der Waals surface area (Å²) >= 11 is 0. The average molecular weight is 347 g/mol. The normalized spacial score (nSPS) is 11.0. The number of carbonyl (C=O) groups is 2. The number of carboxylic acid groups (broad SMARTS) is 2. The van der Waals surface area contributed by atoms with Crippen molar-refractivity contribution < 1.29 is 29.6 Å². The summed E-state index contributed by atoms with van der Waals surface area (Å²) in [5.74, 6) is -2.82.